The fraction of sp³-hybridized carbons (Fsp3) is 0.900. The van der Waals surface area contributed by atoms with Crippen LogP contribution in [0.3, 0.4) is 0 Å². The lowest BCUT2D eigenvalue weighted by Crippen LogP contribution is -2.49. The maximum atomic E-state index is 11.7. The van der Waals surface area contributed by atoms with Crippen molar-refractivity contribution in [3.8, 4) is 0 Å². The molecular weight excluding hydrogens is 244 g/mol. The third-order valence-corrected chi connectivity index (χ3v) is 5.09. The Balaban J connectivity index is 2.16. The Labute approximate surface area is 104 Å². The molecule has 1 rings (SSSR count). The Morgan fingerprint density at radius 1 is 1.69 bits per heavy atom. The minimum Gasteiger partial charge on any atom is -0.355 e. The molecule has 1 aliphatic rings. The zero-order chi connectivity index (χ0) is 12.0. The zero-order valence-electron chi connectivity index (χ0n) is 9.82. The average Bonchev–Trinajstić information content (AvgIpc) is 2.29. The van der Waals surface area contributed by atoms with Gasteiger partial charge in [-0.25, -0.2) is 0 Å². The van der Waals surface area contributed by atoms with Gasteiger partial charge in [-0.1, -0.05) is 6.92 Å². The molecule has 0 aliphatic carbocycles. The fourth-order valence-corrected chi connectivity index (χ4v) is 2.81. The van der Waals surface area contributed by atoms with Crippen LogP contribution in [0.5, 0.6) is 0 Å². The van der Waals surface area contributed by atoms with Crippen molar-refractivity contribution in [1.29, 1.82) is 0 Å². The lowest BCUT2D eigenvalue weighted by molar-refractivity contribution is -0.122. The highest BCUT2D eigenvalue weighted by atomic mass is 32.2. The van der Waals surface area contributed by atoms with Crippen LogP contribution in [0.2, 0.25) is 0 Å². The summed E-state index contributed by atoms with van der Waals surface area (Å²) in [5.74, 6) is 2.00. The summed E-state index contributed by atoms with van der Waals surface area (Å²) in [4.78, 5) is 11.7. The molecule has 0 aromatic heterocycles. The van der Waals surface area contributed by atoms with E-state index in [2.05, 4.69) is 10.6 Å². The van der Waals surface area contributed by atoms with Gasteiger partial charge in [0.05, 0.1) is 6.04 Å². The topological polar surface area (TPSA) is 58.2 Å². The van der Waals surface area contributed by atoms with E-state index in [1.807, 2.05) is 6.92 Å². The summed E-state index contributed by atoms with van der Waals surface area (Å²) in [5.41, 5.74) is 0. The van der Waals surface area contributed by atoms with Gasteiger partial charge in [-0.3, -0.25) is 9.00 Å². The van der Waals surface area contributed by atoms with Crippen LogP contribution < -0.4 is 10.6 Å². The summed E-state index contributed by atoms with van der Waals surface area (Å²) in [6, 6.07) is -0.0545. The van der Waals surface area contributed by atoms with E-state index in [-0.39, 0.29) is 17.2 Å². The third-order valence-electron chi connectivity index (χ3n) is 2.65. The van der Waals surface area contributed by atoms with Crippen molar-refractivity contribution in [3.05, 3.63) is 0 Å². The van der Waals surface area contributed by atoms with Gasteiger partial charge in [0.15, 0.2) is 0 Å². The Kier molecular flexibility index (Phi) is 6.38. The molecule has 1 fully saturated rings. The number of thioether (sulfide) groups is 1. The molecule has 2 N–H and O–H groups in total. The number of hydrogen-bond donors (Lipinski definition) is 2. The second-order valence-electron chi connectivity index (χ2n) is 3.97. The molecular formula is C10H20N2O2S2. The average molecular weight is 264 g/mol. The molecule has 0 aromatic carbocycles. The van der Waals surface area contributed by atoms with Gasteiger partial charge in [0, 0.05) is 46.9 Å². The molecule has 0 bridgehead atoms. The molecule has 3 unspecified atom stereocenters. The maximum Gasteiger partial charge on any atom is 0.237 e. The summed E-state index contributed by atoms with van der Waals surface area (Å²) in [6.07, 6.45) is 2.47. The second kappa shape index (κ2) is 7.29. The molecule has 6 heteroatoms. The summed E-state index contributed by atoms with van der Waals surface area (Å²) >= 11 is 1.80. The lowest BCUT2D eigenvalue weighted by atomic mass is 10.3. The number of amides is 1. The van der Waals surface area contributed by atoms with Crippen molar-refractivity contribution >= 4 is 28.5 Å². The van der Waals surface area contributed by atoms with Crippen LogP contribution in [-0.4, -0.2) is 52.3 Å². The fourth-order valence-electron chi connectivity index (χ4n) is 1.42. The van der Waals surface area contributed by atoms with Crippen molar-refractivity contribution in [2.75, 3.05) is 30.9 Å². The van der Waals surface area contributed by atoms with Crippen LogP contribution in [0.25, 0.3) is 0 Å². The van der Waals surface area contributed by atoms with E-state index in [1.165, 1.54) is 0 Å². The van der Waals surface area contributed by atoms with Crippen LogP contribution in [-0.2, 0) is 15.6 Å². The predicted molar refractivity (Wildman–Crippen MR) is 70.3 cm³/mol. The van der Waals surface area contributed by atoms with E-state index in [0.717, 1.165) is 24.5 Å². The summed E-state index contributed by atoms with van der Waals surface area (Å²) < 4.78 is 11.1. The predicted octanol–water partition coefficient (Wildman–Crippen LogP) is -0.0353. The first-order valence-electron chi connectivity index (χ1n) is 5.52. The monoisotopic (exact) mass is 264 g/mol. The van der Waals surface area contributed by atoms with Crippen molar-refractivity contribution in [2.45, 2.75) is 24.6 Å². The van der Waals surface area contributed by atoms with Gasteiger partial charge in [0.1, 0.15) is 0 Å². The van der Waals surface area contributed by atoms with Gasteiger partial charge in [-0.2, -0.15) is 11.8 Å². The molecule has 1 heterocycles. The van der Waals surface area contributed by atoms with Gasteiger partial charge in [-0.05, 0) is 6.42 Å². The highest BCUT2D eigenvalue weighted by Crippen LogP contribution is 2.07. The minimum atomic E-state index is -0.801. The number of carbonyl (C=O) groups excluding carboxylic acids is 1. The van der Waals surface area contributed by atoms with Gasteiger partial charge >= 0.3 is 0 Å². The van der Waals surface area contributed by atoms with Gasteiger partial charge in [0.25, 0.3) is 0 Å². The van der Waals surface area contributed by atoms with E-state index in [1.54, 1.807) is 18.0 Å². The molecule has 0 aromatic rings. The Morgan fingerprint density at radius 3 is 3.00 bits per heavy atom. The van der Waals surface area contributed by atoms with Crippen molar-refractivity contribution in [3.63, 3.8) is 0 Å². The molecule has 3 atom stereocenters. The van der Waals surface area contributed by atoms with Crippen LogP contribution >= 0.6 is 11.8 Å². The number of hydrogen-bond acceptors (Lipinski definition) is 4. The van der Waals surface area contributed by atoms with E-state index < -0.39 is 10.8 Å². The molecule has 0 radical (unpaired) electrons. The quantitative estimate of drug-likeness (QED) is 0.732. The maximum absolute atomic E-state index is 11.7. The first-order valence-corrected chi connectivity index (χ1v) is 8.30. The summed E-state index contributed by atoms with van der Waals surface area (Å²) in [6.45, 7) is 3.46. The van der Waals surface area contributed by atoms with E-state index in [9.17, 15) is 9.00 Å². The molecule has 4 nitrogen and oxygen atoms in total. The van der Waals surface area contributed by atoms with E-state index in [0.29, 0.717) is 6.54 Å². The van der Waals surface area contributed by atoms with Crippen molar-refractivity contribution < 1.29 is 9.00 Å². The van der Waals surface area contributed by atoms with E-state index >= 15 is 0 Å². The third kappa shape index (κ3) is 4.84. The SMILES string of the molecule is CC(CCNC(=O)C1CSCCN1)S(C)=O. The van der Waals surface area contributed by atoms with Crippen molar-refractivity contribution in [1.82, 2.24) is 10.6 Å². The van der Waals surface area contributed by atoms with Gasteiger partial charge in [0.2, 0.25) is 5.91 Å². The number of nitrogens with one attached hydrogen (secondary N) is 2. The molecule has 94 valence electrons. The highest BCUT2D eigenvalue weighted by molar-refractivity contribution is 7.99. The van der Waals surface area contributed by atoms with Gasteiger partial charge in [-0.15, -0.1) is 0 Å². The highest BCUT2D eigenvalue weighted by Gasteiger charge is 2.20. The molecule has 1 aliphatic heterocycles. The first kappa shape index (κ1) is 14.0. The molecule has 16 heavy (non-hydrogen) atoms. The van der Waals surface area contributed by atoms with Crippen LogP contribution in [0.1, 0.15) is 13.3 Å². The van der Waals surface area contributed by atoms with Crippen LogP contribution in [0, 0.1) is 0 Å². The normalized spacial score (nSPS) is 24.8. The molecule has 1 saturated heterocycles. The second-order valence-corrected chi connectivity index (χ2v) is 6.92. The zero-order valence-corrected chi connectivity index (χ0v) is 11.5. The minimum absolute atomic E-state index is 0.0545. The Morgan fingerprint density at radius 2 is 2.44 bits per heavy atom. The lowest BCUT2D eigenvalue weighted by Gasteiger charge is -2.22. The largest absolute Gasteiger partial charge is 0.355 e. The molecule has 0 spiro atoms. The van der Waals surface area contributed by atoms with Gasteiger partial charge < -0.3 is 10.6 Å². The van der Waals surface area contributed by atoms with Crippen LogP contribution in [0.15, 0.2) is 0 Å². The summed E-state index contributed by atoms with van der Waals surface area (Å²) in [5, 5.41) is 6.22. The Hall–Kier alpha value is -0.0700. The number of rotatable bonds is 5. The number of carbonyl (C=O) groups is 1. The summed E-state index contributed by atoms with van der Waals surface area (Å²) in [7, 11) is -0.801. The van der Waals surface area contributed by atoms with Crippen LogP contribution in [0.4, 0.5) is 0 Å². The smallest absolute Gasteiger partial charge is 0.237 e. The molecule has 0 saturated carbocycles. The molecule has 1 amide bonds. The Bertz CT molecular complexity index is 255. The standard InChI is InChI=1S/C10H20N2O2S2/c1-8(16(2)14)3-4-12-10(13)9-7-15-6-5-11-9/h8-9,11H,3-7H2,1-2H3,(H,12,13). The first-order chi connectivity index (χ1) is 7.61. The van der Waals surface area contributed by atoms with E-state index in [4.69, 9.17) is 0 Å². The van der Waals surface area contributed by atoms with Crippen molar-refractivity contribution in [2.24, 2.45) is 0 Å².